The van der Waals surface area contributed by atoms with Crippen molar-refractivity contribution in [2.75, 3.05) is 0 Å². The number of carbonyl (C=O) groups is 1. The molecule has 0 aliphatic carbocycles. The number of rotatable bonds is 3. The highest BCUT2D eigenvalue weighted by Gasteiger charge is 2.27. The van der Waals surface area contributed by atoms with Crippen LogP contribution in [0.3, 0.4) is 0 Å². The van der Waals surface area contributed by atoms with E-state index in [-0.39, 0.29) is 5.30 Å². The van der Waals surface area contributed by atoms with Crippen LogP contribution in [0.4, 0.5) is 0 Å². The molecular formula is C9H10O4P+. The van der Waals surface area contributed by atoms with Crippen LogP contribution in [0, 0.1) is 0 Å². The Hall–Kier alpha value is -1.25. The summed E-state index contributed by atoms with van der Waals surface area (Å²) in [6.07, 6.45) is 0. The molecule has 0 aliphatic heterocycles. The summed E-state index contributed by atoms with van der Waals surface area (Å²) in [4.78, 5) is 19.6. The number of hydrogen-bond acceptors (Lipinski definition) is 2. The molecule has 0 bridgehead atoms. The summed E-state index contributed by atoms with van der Waals surface area (Å²) in [6.45, 7) is 1.49. The average molecular weight is 213 g/mol. The van der Waals surface area contributed by atoms with Gasteiger partial charge in [0.05, 0.1) is 5.92 Å². The SMILES string of the molecule is CC(C(=O)O)c1ccccc1[P+](=O)O. The van der Waals surface area contributed by atoms with Crippen molar-refractivity contribution in [3.63, 3.8) is 0 Å². The van der Waals surface area contributed by atoms with Crippen molar-refractivity contribution in [2.45, 2.75) is 12.8 Å². The molecule has 0 aliphatic rings. The van der Waals surface area contributed by atoms with Crippen LogP contribution in [0.1, 0.15) is 18.4 Å². The van der Waals surface area contributed by atoms with Crippen LogP contribution in [0.15, 0.2) is 24.3 Å². The molecule has 5 heteroatoms. The van der Waals surface area contributed by atoms with Gasteiger partial charge in [-0.15, -0.1) is 0 Å². The average Bonchev–Trinajstić information content (AvgIpc) is 2.16. The lowest BCUT2D eigenvalue weighted by molar-refractivity contribution is -0.138. The second-order valence-corrected chi connectivity index (χ2v) is 3.92. The van der Waals surface area contributed by atoms with Crippen LogP contribution >= 0.6 is 8.03 Å². The minimum absolute atomic E-state index is 0.192. The fourth-order valence-electron chi connectivity index (χ4n) is 1.16. The summed E-state index contributed by atoms with van der Waals surface area (Å²) in [5.41, 5.74) is 0.392. The Morgan fingerprint density at radius 2 is 2.00 bits per heavy atom. The van der Waals surface area contributed by atoms with Crippen molar-refractivity contribution >= 4 is 19.3 Å². The number of aliphatic carboxylic acids is 1. The van der Waals surface area contributed by atoms with Gasteiger partial charge in [-0.25, -0.2) is 0 Å². The summed E-state index contributed by atoms with van der Waals surface area (Å²) >= 11 is 0. The van der Waals surface area contributed by atoms with Gasteiger partial charge in [0.15, 0.2) is 0 Å². The Morgan fingerprint density at radius 3 is 2.50 bits per heavy atom. The zero-order valence-electron chi connectivity index (χ0n) is 7.54. The first kappa shape index (κ1) is 10.8. The van der Waals surface area contributed by atoms with E-state index in [1.54, 1.807) is 18.2 Å². The maximum Gasteiger partial charge on any atom is 0.546 e. The van der Waals surface area contributed by atoms with Gasteiger partial charge in [-0.05, 0) is 17.6 Å². The van der Waals surface area contributed by atoms with Crippen molar-refractivity contribution in [1.82, 2.24) is 0 Å². The van der Waals surface area contributed by atoms with E-state index in [1.165, 1.54) is 13.0 Å². The predicted octanol–water partition coefficient (Wildman–Crippen LogP) is 1.23. The van der Waals surface area contributed by atoms with Crippen molar-refractivity contribution < 1.29 is 19.4 Å². The van der Waals surface area contributed by atoms with Gasteiger partial charge in [-0.2, -0.15) is 4.89 Å². The molecule has 2 N–H and O–H groups in total. The summed E-state index contributed by atoms with van der Waals surface area (Å²) in [5, 5.41) is 8.96. The van der Waals surface area contributed by atoms with Gasteiger partial charge in [0, 0.05) is 5.56 Å². The van der Waals surface area contributed by atoms with Gasteiger partial charge in [-0.3, -0.25) is 4.79 Å². The summed E-state index contributed by atoms with van der Waals surface area (Å²) in [7, 11) is -2.49. The van der Waals surface area contributed by atoms with Crippen LogP contribution in [0.2, 0.25) is 0 Å². The van der Waals surface area contributed by atoms with Crippen LogP contribution in [-0.4, -0.2) is 16.0 Å². The number of hydrogen-bond donors (Lipinski definition) is 2. The topological polar surface area (TPSA) is 74.6 Å². The molecule has 4 nitrogen and oxygen atoms in total. The second-order valence-electron chi connectivity index (χ2n) is 2.89. The molecule has 2 unspecified atom stereocenters. The van der Waals surface area contributed by atoms with Gasteiger partial charge in [0.25, 0.3) is 0 Å². The summed E-state index contributed by atoms with van der Waals surface area (Å²) in [5.74, 6) is -1.77. The Morgan fingerprint density at radius 1 is 1.43 bits per heavy atom. The van der Waals surface area contributed by atoms with E-state index in [9.17, 15) is 9.36 Å². The molecule has 0 heterocycles. The molecule has 2 atom stereocenters. The molecule has 0 saturated heterocycles. The molecule has 1 aromatic rings. The Labute approximate surface area is 82.1 Å². The van der Waals surface area contributed by atoms with E-state index in [0.29, 0.717) is 5.56 Å². The lowest BCUT2D eigenvalue weighted by Gasteiger charge is -2.04. The molecule has 0 aromatic heterocycles. The molecule has 0 radical (unpaired) electrons. The number of benzene rings is 1. The predicted molar refractivity (Wildman–Crippen MR) is 52.0 cm³/mol. The van der Waals surface area contributed by atoms with Gasteiger partial charge in [0.1, 0.15) is 0 Å². The monoisotopic (exact) mass is 213 g/mol. The highest BCUT2D eigenvalue weighted by atomic mass is 31.1. The highest BCUT2D eigenvalue weighted by molar-refractivity contribution is 7.47. The fourth-order valence-corrected chi connectivity index (χ4v) is 1.86. The summed E-state index contributed by atoms with van der Waals surface area (Å²) < 4.78 is 10.9. The minimum Gasteiger partial charge on any atom is -0.481 e. The number of carboxylic acid groups (broad SMARTS) is 1. The van der Waals surface area contributed by atoms with Gasteiger partial charge < -0.3 is 5.11 Å². The molecule has 1 rings (SSSR count). The van der Waals surface area contributed by atoms with Crippen LogP contribution in [0.5, 0.6) is 0 Å². The standard InChI is InChI=1S/C9H9O4P/c1-6(9(10)11)7-4-2-3-5-8(7)14(12)13/h2-6H,1H3,(H-,10,11,12,13)/p+1. The maximum atomic E-state index is 10.9. The van der Waals surface area contributed by atoms with Crippen LogP contribution in [0.25, 0.3) is 0 Å². The van der Waals surface area contributed by atoms with E-state index < -0.39 is 19.9 Å². The van der Waals surface area contributed by atoms with E-state index in [2.05, 4.69) is 0 Å². The molecular weight excluding hydrogens is 203 g/mol. The van der Waals surface area contributed by atoms with Gasteiger partial charge >= 0.3 is 14.0 Å². The summed E-state index contributed by atoms with van der Waals surface area (Å²) in [6, 6.07) is 6.28. The first-order valence-corrected chi connectivity index (χ1v) is 5.23. The van der Waals surface area contributed by atoms with Gasteiger partial charge in [-0.1, -0.05) is 18.2 Å². The van der Waals surface area contributed by atoms with E-state index in [1.807, 2.05) is 0 Å². The minimum atomic E-state index is -2.49. The first-order chi connectivity index (χ1) is 6.54. The molecule has 14 heavy (non-hydrogen) atoms. The van der Waals surface area contributed by atoms with E-state index >= 15 is 0 Å². The Bertz CT molecular complexity index is 375. The zero-order chi connectivity index (χ0) is 10.7. The molecule has 1 aromatic carbocycles. The quantitative estimate of drug-likeness (QED) is 0.740. The zero-order valence-corrected chi connectivity index (χ0v) is 8.44. The molecule has 0 spiro atoms. The van der Waals surface area contributed by atoms with Crippen molar-refractivity contribution in [2.24, 2.45) is 0 Å². The molecule has 74 valence electrons. The molecule has 0 fully saturated rings. The van der Waals surface area contributed by atoms with Crippen molar-refractivity contribution in [3.05, 3.63) is 29.8 Å². The van der Waals surface area contributed by atoms with Crippen molar-refractivity contribution in [1.29, 1.82) is 0 Å². The first-order valence-electron chi connectivity index (χ1n) is 4.02. The second kappa shape index (κ2) is 4.31. The largest absolute Gasteiger partial charge is 0.546 e. The van der Waals surface area contributed by atoms with E-state index in [0.717, 1.165) is 0 Å². The van der Waals surface area contributed by atoms with Crippen LogP contribution < -0.4 is 5.30 Å². The van der Waals surface area contributed by atoms with Crippen molar-refractivity contribution in [3.8, 4) is 0 Å². The Kier molecular flexibility index (Phi) is 3.33. The molecule has 0 amide bonds. The lowest BCUT2D eigenvalue weighted by atomic mass is 10.0. The fraction of sp³-hybridized carbons (Fsp3) is 0.222. The third-order valence-electron chi connectivity index (χ3n) is 1.98. The lowest BCUT2D eigenvalue weighted by Crippen LogP contribution is -2.15. The third kappa shape index (κ3) is 2.16. The Balaban J connectivity index is 3.19. The van der Waals surface area contributed by atoms with Crippen LogP contribution in [-0.2, 0) is 9.36 Å². The van der Waals surface area contributed by atoms with E-state index in [4.69, 9.17) is 10.00 Å². The highest BCUT2D eigenvalue weighted by Crippen LogP contribution is 2.22. The smallest absolute Gasteiger partial charge is 0.481 e. The maximum absolute atomic E-state index is 10.9. The normalized spacial score (nSPS) is 13.4. The third-order valence-corrected chi connectivity index (χ3v) is 2.80. The van der Waals surface area contributed by atoms with Gasteiger partial charge in [0.2, 0.25) is 5.30 Å². The molecule has 0 saturated carbocycles. The number of carboxylic acids is 1.